The molecule has 1 unspecified atom stereocenters. The summed E-state index contributed by atoms with van der Waals surface area (Å²) in [6.45, 7) is 11.2. The molecule has 1 aliphatic rings. The van der Waals surface area contributed by atoms with Crippen molar-refractivity contribution in [3.8, 4) is 0 Å². The molecule has 0 radical (unpaired) electrons. The zero-order valence-electron chi connectivity index (χ0n) is 13.7. The highest BCUT2D eigenvalue weighted by atomic mass is 14.9. The Morgan fingerprint density at radius 1 is 0.952 bits per heavy atom. The molecule has 0 amide bonds. The minimum Gasteiger partial charge on any atom is -0.378 e. The van der Waals surface area contributed by atoms with Crippen molar-refractivity contribution < 1.29 is 0 Å². The van der Waals surface area contributed by atoms with Crippen LogP contribution in [-0.4, -0.2) is 0 Å². The van der Waals surface area contributed by atoms with E-state index in [1.807, 2.05) is 0 Å². The van der Waals surface area contributed by atoms with Crippen molar-refractivity contribution in [2.75, 3.05) is 5.32 Å². The van der Waals surface area contributed by atoms with Crippen molar-refractivity contribution in [2.45, 2.75) is 52.5 Å². The molecular weight excluding hydrogens is 254 g/mol. The average molecular weight is 279 g/mol. The predicted molar refractivity (Wildman–Crippen MR) is 91.1 cm³/mol. The number of benzene rings is 2. The van der Waals surface area contributed by atoms with E-state index in [9.17, 15) is 0 Å². The van der Waals surface area contributed by atoms with E-state index >= 15 is 0 Å². The van der Waals surface area contributed by atoms with Crippen molar-refractivity contribution in [3.63, 3.8) is 0 Å². The number of hydrogen-bond acceptors (Lipinski definition) is 1. The van der Waals surface area contributed by atoms with Gasteiger partial charge >= 0.3 is 0 Å². The first kappa shape index (κ1) is 14.2. The Morgan fingerprint density at radius 2 is 1.71 bits per heavy atom. The van der Waals surface area contributed by atoms with Gasteiger partial charge in [0.2, 0.25) is 0 Å². The molecule has 2 aromatic rings. The first-order valence-electron chi connectivity index (χ1n) is 7.82. The molecule has 0 saturated heterocycles. The maximum absolute atomic E-state index is 3.68. The van der Waals surface area contributed by atoms with Gasteiger partial charge in [0, 0.05) is 5.69 Å². The zero-order chi connectivity index (χ0) is 15.2. The van der Waals surface area contributed by atoms with Gasteiger partial charge in [0.25, 0.3) is 0 Å². The van der Waals surface area contributed by atoms with Crippen molar-refractivity contribution in [2.24, 2.45) is 0 Å². The van der Waals surface area contributed by atoms with Crippen LogP contribution in [0.5, 0.6) is 0 Å². The molecule has 0 fully saturated rings. The third-order valence-corrected chi connectivity index (χ3v) is 4.66. The molecule has 1 nitrogen and oxygen atoms in total. The average Bonchev–Trinajstić information content (AvgIpc) is 2.83. The Morgan fingerprint density at radius 3 is 2.38 bits per heavy atom. The van der Waals surface area contributed by atoms with Gasteiger partial charge in [-0.1, -0.05) is 51.1 Å². The van der Waals surface area contributed by atoms with Gasteiger partial charge in [-0.25, -0.2) is 0 Å². The van der Waals surface area contributed by atoms with Gasteiger partial charge in [-0.05, 0) is 59.6 Å². The minimum atomic E-state index is 0.216. The summed E-state index contributed by atoms with van der Waals surface area (Å²) >= 11 is 0. The third kappa shape index (κ3) is 2.70. The molecule has 0 bridgehead atoms. The molecule has 2 aromatic carbocycles. The first-order chi connectivity index (χ1) is 9.84. The van der Waals surface area contributed by atoms with Crippen molar-refractivity contribution in [3.05, 3.63) is 64.2 Å². The van der Waals surface area contributed by atoms with Crippen LogP contribution in [0.1, 0.15) is 54.6 Å². The first-order valence-corrected chi connectivity index (χ1v) is 7.82. The highest BCUT2D eigenvalue weighted by Gasteiger charge is 2.24. The lowest BCUT2D eigenvalue weighted by Crippen LogP contribution is -2.10. The summed E-state index contributed by atoms with van der Waals surface area (Å²) in [6, 6.07) is 14.1. The summed E-state index contributed by atoms with van der Waals surface area (Å²) in [6.07, 6.45) is 1.09. The smallest absolute Gasteiger partial charge is 0.0555 e. The largest absolute Gasteiger partial charge is 0.378 e. The molecule has 1 N–H and O–H groups in total. The molecule has 0 spiro atoms. The third-order valence-electron chi connectivity index (χ3n) is 4.66. The number of anilines is 1. The summed E-state index contributed by atoms with van der Waals surface area (Å²) in [5, 5.41) is 3.68. The normalized spacial score (nSPS) is 17.5. The van der Waals surface area contributed by atoms with Gasteiger partial charge in [0.1, 0.15) is 0 Å². The Kier molecular flexibility index (Phi) is 3.32. The lowest BCUT2D eigenvalue weighted by molar-refractivity contribution is 0.589. The molecule has 110 valence electrons. The molecule has 1 atom stereocenters. The molecule has 3 rings (SSSR count). The second kappa shape index (κ2) is 4.91. The Hall–Kier alpha value is -1.76. The highest BCUT2D eigenvalue weighted by Crippen LogP contribution is 2.37. The predicted octanol–water partition coefficient (Wildman–Crippen LogP) is 5.31. The van der Waals surface area contributed by atoms with Gasteiger partial charge in [0.05, 0.1) is 6.04 Å². The van der Waals surface area contributed by atoms with Gasteiger partial charge in [-0.2, -0.15) is 0 Å². The lowest BCUT2D eigenvalue weighted by atomic mass is 9.85. The number of fused-ring (bicyclic) bond motifs is 1. The van der Waals surface area contributed by atoms with E-state index < -0.39 is 0 Å². The second-order valence-electron chi connectivity index (χ2n) is 7.37. The van der Waals surface area contributed by atoms with E-state index in [-0.39, 0.29) is 5.41 Å². The fourth-order valence-electron chi connectivity index (χ4n) is 3.01. The van der Waals surface area contributed by atoms with E-state index in [4.69, 9.17) is 0 Å². The quantitative estimate of drug-likeness (QED) is 0.746. The number of nitrogens with one attached hydrogen (secondary N) is 1. The number of rotatable bonds is 1. The molecule has 0 saturated carbocycles. The fraction of sp³-hybridized carbons (Fsp3) is 0.400. The van der Waals surface area contributed by atoms with E-state index in [1.165, 1.54) is 33.5 Å². The van der Waals surface area contributed by atoms with Gasteiger partial charge in [-0.15, -0.1) is 0 Å². The minimum absolute atomic E-state index is 0.216. The fourth-order valence-corrected chi connectivity index (χ4v) is 3.01. The van der Waals surface area contributed by atoms with Crippen LogP contribution in [0.4, 0.5) is 5.69 Å². The van der Waals surface area contributed by atoms with Crippen LogP contribution in [0.2, 0.25) is 0 Å². The summed E-state index contributed by atoms with van der Waals surface area (Å²) in [5.41, 5.74) is 8.52. The van der Waals surface area contributed by atoms with Crippen molar-refractivity contribution in [1.82, 2.24) is 0 Å². The van der Waals surface area contributed by atoms with Crippen molar-refractivity contribution in [1.29, 1.82) is 0 Å². The van der Waals surface area contributed by atoms with Gasteiger partial charge < -0.3 is 5.32 Å². The summed E-state index contributed by atoms with van der Waals surface area (Å²) in [5.74, 6) is 0. The summed E-state index contributed by atoms with van der Waals surface area (Å²) in [4.78, 5) is 0. The maximum atomic E-state index is 3.68. The van der Waals surface area contributed by atoms with Crippen molar-refractivity contribution >= 4 is 5.69 Å². The highest BCUT2D eigenvalue weighted by molar-refractivity contribution is 5.60. The van der Waals surface area contributed by atoms with Crippen LogP contribution in [0, 0.1) is 13.8 Å². The number of hydrogen-bond donors (Lipinski definition) is 1. The van der Waals surface area contributed by atoms with Gasteiger partial charge in [0.15, 0.2) is 0 Å². The van der Waals surface area contributed by atoms with Crippen LogP contribution in [-0.2, 0) is 11.8 Å². The van der Waals surface area contributed by atoms with E-state index in [1.54, 1.807) is 0 Å². The molecule has 1 heteroatoms. The maximum Gasteiger partial charge on any atom is 0.0555 e. The molecule has 0 aliphatic carbocycles. The zero-order valence-corrected chi connectivity index (χ0v) is 13.7. The van der Waals surface area contributed by atoms with Gasteiger partial charge in [-0.3, -0.25) is 0 Å². The lowest BCUT2D eigenvalue weighted by Gasteiger charge is -2.19. The monoisotopic (exact) mass is 279 g/mol. The SMILES string of the molecule is Cc1ccc(C2Cc3cc(C(C)(C)C)ccc3N2)cc1C. The van der Waals surface area contributed by atoms with Crippen LogP contribution < -0.4 is 5.32 Å². The molecule has 0 aromatic heterocycles. The Bertz CT molecular complexity index is 677. The van der Waals surface area contributed by atoms with E-state index in [0.717, 1.165) is 6.42 Å². The number of aryl methyl sites for hydroxylation is 2. The summed E-state index contributed by atoms with van der Waals surface area (Å²) < 4.78 is 0. The second-order valence-corrected chi connectivity index (χ2v) is 7.37. The molecule has 1 heterocycles. The molecule has 1 aliphatic heterocycles. The van der Waals surface area contributed by atoms with Crippen LogP contribution in [0.25, 0.3) is 0 Å². The van der Waals surface area contributed by atoms with Crippen LogP contribution in [0.15, 0.2) is 36.4 Å². The molecule has 21 heavy (non-hydrogen) atoms. The van der Waals surface area contributed by atoms with Crippen LogP contribution in [0.3, 0.4) is 0 Å². The topological polar surface area (TPSA) is 12.0 Å². The van der Waals surface area contributed by atoms with E-state index in [2.05, 4.69) is 76.3 Å². The Labute approximate surface area is 128 Å². The van der Waals surface area contributed by atoms with E-state index in [0.29, 0.717) is 6.04 Å². The molecular formula is C20H25N. The summed E-state index contributed by atoms with van der Waals surface area (Å²) in [7, 11) is 0. The van der Waals surface area contributed by atoms with Crippen LogP contribution >= 0.6 is 0 Å². The standard InChI is InChI=1S/C20H25N/c1-13-6-7-15(10-14(13)2)19-12-16-11-17(20(3,4)5)8-9-18(16)21-19/h6-11,19,21H,12H2,1-5H3. The Balaban J connectivity index is 1.89.